The topological polar surface area (TPSA) is 147 Å². The summed E-state index contributed by atoms with van der Waals surface area (Å²) >= 11 is 0. The Hall–Kier alpha value is -4.06. The quantitative estimate of drug-likeness (QED) is 0.422. The van der Waals surface area contributed by atoms with Crippen LogP contribution in [0, 0.1) is 12.8 Å². The number of hydrogen-bond acceptors (Lipinski definition) is 10. The predicted octanol–water partition coefficient (Wildman–Crippen LogP) is 3.26. The number of sulfonamides is 1. The maximum atomic E-state index is 13.7. The zero-order valence-corrected chi connectivity index (χ0v) is 21.3. The van der Waals surface area contributed by atoms with Crippen molar-refractivity contribution in [1.29, 1.82) is 0 Å². The number of nitrogens with zero attached hydrogens (tertiary/aromatic N) is 3. The number of aromatic nitrogens is 3. The summed E-state index contributed by atoms with van der Waals surface area (Å²) in [6, 6.07) is 7.20. The van der Waals surface area contributed by atoms with E-state index in [0.29, 0.717) is 11.3 Å². The van der Waals surface area contributed by atoms with E-state index in [9.17, 15) is 18.0 Å². The number of carbonyl (C=O) groups is 2. The maximum absolute atomic E-state index is 13.7. The molecule has 0 amide bonds. The van der Waals surface area contributed by atoms with E-state index in [1.165, 1.54) is 56.9 Å². The van der Waals surface area contributed by atoms with Crippen molar-refractivity contribution < 1.29 is 32.2 Å². The minimum Gasteiger partial charge on any atom is -0.478 e. The van der Waals surface area contributed by atoms with Gasteiger partial charge < -0.3 is 14.2 Å². The number of ether oxygens (including phenoxy) is 3. The van der Waals surface area contributed by atoms with E-state index in [4.69, 9.17) is 14.2 Å². The van der Waals surface area contributed by atoms with Gasteiger partial charge in [-0.25, -0.2) is 28.0 Å². The molecule has 1 N–H and O–H groups in total. The Morgan fingerprint density at radius 2 is 1.72 bits per heavy atom. The number of esters is 2. The van der Waals surface area contributed by atoms with Crippen LogP contribution in [0.15, 0.2) is 47.6 Å². The van der Waals surface area contributed by atoms with E-state index in [2.05, 4.69) is 19.7 Å². The number of aryl methyl sites for hydroxylation is 1. The van der Waals surface area contributed by atoms with Crippen LogP contribution in [0.2, 0.25) is 0 Å². The van der Waals surface area contributed by atoms with E-state index in [1.807, 2.05) is 13.8 Å². The standard InChI is InChI=1S/C24H26N4O7S/c1-14(2)13-35-24(30)18-10-11-25-19(16-6-8-17(9-7-16)23(29)34-5)20(18)36(31,32)28-21-22(33-4)27-15(3)12-26-21/h6-12,14H,13H2,1-5H3,(H,26,28). The van der Waals surface area contributed by atoms with Gasteiger partial charge in [0, 0.05) is 11.8 Å². The van der Waals surface area contributed by atoms with Gasteiger partial charge in [-0.2, -0.15) is 0 Å². The lowest BCUT2D eigenvalue weighted by molar-refractivity contribution is 0.0454. The van der Waals surface area contributed by atoms with E-state index >= 15 is 0 Å². The summed E-state index contributed by atoms with van der Waals surface area (Å²) < 4.78 is 44.9. The predicted molar refractivity (Wildman–Crippen MR) is 130 cm³/mol. The molecular weight excluding hydrogens is 488 g/mol. The molecule has 0 bridgehead atoms. The molecule has 0 spiro atoms. The van der Waals surface area contributed by atoms with Crippen molar-refractivity contribution in [2.75, 3.05) is 25.5 Å². The number of nitrogens with one attached hydrogen (secondary N) is 1. The number of hydrogen-bond donors (Lipinski definition) is 1. The van der Waals surface area contributed by atoms with E-state index in [1.54, 1.807) is 6.92 Å². The van der Waals surface area contributed by atoms with Gasteiger partial charge in [0.2, 0.25) is 5.82 Å². The fraction of sp³-hybridized carbons (Fsp3) is 0.292. The summed E-state index contributed by atoms with van der Waals surface area (Å²) in [5, 5.41) is 0. The highest BCUT2D eigenvalue weighted by molar-refractivity contribution is 7.93. The molecule has 36 heavy (non-hydrogen) atoms. The van der Waals surface area contributed by atoms with Crippen molar-refractivity contribution in [3.05, 3.63) is 59.5 Å². The van der Waals surface area contributed by atoms with Gasteiger partial charge >= 0.3 is 11.9 Å². The molecule has 0 saturated carbocycles. The second kappa shape index (κ2) is 11.1. The Morgan fingerprint density at radius 3 is 2.33 bits per heavy atom. The molecule has 190 valence electrons. The van der Waals surface area contributed by atoms with E-state index in [0.717, 1.165) is 0 Å². The number of rotatable bonds is 9. The van der Waals surface area contributed by atoms with Crippen LogP contribution >= 0.6 is 0 Å². The number of methoxy groups -OCH3 is 2. The van der Waals surface area contributed by atoms with Crippen molar-refractivity contribution in [3.63, 3.8) is 0 Å². The number of benzene rings is 1. The van der Waals surface area contributed by atoms with Crippen LogP contribution in [0.25, 0.3) is 11.3 Å². The molecule has 2 aromatic heterocycles. The summed E-state index contributed by atoms with van der Waals surface area (Å²) in [6.07, 6.45) is 2.68. The zero-order valence-electron chi connectivity index (χ0n) is 20.4. The molecule has 0 saturated heterocycles. The van der Waals surface area contributed by atoms with Crippen molar-refractivity contribution in [2.45, 2.75) is 25.7 Å². The molecule has 1 aromatic carbocycles. The maximum Gasteiger partial charge on any atom is 0.339 e. The molecule has 0 aliphatic carbocycles. The largest absolute Gasteiger partial charge is 0.478 e. The Bertz CT molecular complexity index is 1370. The van der Waals surface area contributed by atoms with Gasteiger partial charge in [-0.3, -0.25) is 9.71 Å². The molecule has 0 aliphatic rings. The van der Waals surface area contributed by atoms with Crippen LogP contribution in [0.3, 0.4) is 0 Å². The lowest BCUT2D eigenvalue weighted by Gasteiger charge is -2.16. The second-order valence-corrected chi connectivity index (χ2v) is 9.69. The highest BCUT2D eigenvalue weighted by Crippen LogP contribution is 2.32. The molecule has 0 atom stereocenters. The van der Waals surface area contributed by atoms with E-state index < -0.39 is 26.9 Å². The monoisotopic (exact) mass is 514 g/mol. The minimum atomic E-state index is -4.47. The van der Waals surface area contributed by atoms with Gasteiger partial charge in [0.1, 0.15) is 4.90 Å². The molecule has 3 rings (SSSR count). The van der Waals surface area contributed by atoms with Crippen molar-refractivity contribution in [1.82, 2.24) is 15.0 Å². The van der Waals surface area contributed by atoms with Gasteiger partial charge in [0.05, 0.1) is 49.5 Å². The van der Waals surface area contributed by atoms with Crippen LogP contribution in [0.4, 0.5) is 5.82 Å². The molecule has 12 heteroatoms. The average molecular weight is 515 g/mol. The fourth-order valence-corrected chi connectivity index (χ4v) is 4.50. The second-order valence-electron chi connectivity index (χ2n) is 8.07. The first-order chi connectivity index (χ1) is 17.1. The van der Waals surface area contributed by atoms with Gasteiger partial charge in [0.25, 0.3) is 15.9 Å². The zero-order chi connectivity index (χ0) is 26.5. The summed E-state index contributed by atoms with van der Waals surface area (Å²) in [6.45, 7) is 5.48. The Balaban J connectivity index is 2.17. The lowest BCUT2D eigenvalue weighted by Crippen LogP contribution is -2.21. The lowest BCUT2D eigenvalue weighted by atomic mass is 10.1. The third kappa shape index (κ3) is 5.95. The summed E-state index contributed by atoms with van der Waals surface area (Å²) in [5.74, 6) is -1.57. The molecule has 0 radical (unpaired) electrons. The van der Waals surface area contributed by atoms with Gasteiger partial charge in [-0.05, 0) is 31.0 Å². The Kier molecular flexibility index (Phi) is 8.20. The molecule has 3 aromatic rings. The number of anilines is 1. The van der Waals surface area contributed by atoms with Crippen molar-refractivity contribution >= 4 is 27.8 Å². The first-order valence-corrected chi connectivity index (χ1v) is 12.3. The summed E-state index contributed by atoms with van der Waals surface area (Å²) in [7, 11) is -1.89. The fourth-order valence-electron chi connectivity index (χ4n) is 3.13. The van der Waals surface area contributed by atoms with Gasteiger partial charge in [-0.15, -0.1) is 0 Å². The van der Waals surface area contributed by atoms with Crippen molar-refractivity contribution in [3.8, 4) is 17.1 Å². The van der Waals surface area contributed by atoms with Gasteiger partial charge in [-0.1, -0.05) is 26.0 Å². The first kappa shape index (κ1) is 26.5. The smallest absolute Gasteiger partial charge is 0.339 e. The third-order valence-electron chi connectivity index (χ3n) is 4.81. The highest BCUT2D eigenvalue weighted by atomic mass is 32.2. The van der Waals surface area contributed by atoms with E-state index in [-0.39, 0.29) is 41.0 Å². The summed E-state index contributed by atoms with van der Waals surface area (Å²) in [5.41, 5.74) is 0.862. The highest BCUT2D eigenvalue weighted by Gasteiger charge is 2.30. The molecule has 0 unspecified atom stereocenters. The SMILES string of the molecule is COC(=O)c1ccc(-c2nccc(C(=O)OCC(C)C)c2S(=O)(=O)Nc2ncc(C)nc2OC)cc1. The van der Waals surface area contributed by atoms with Gasteiger partial charge in [0.15, 0.2) is 0 Å². The normalized spacial score (nSPS) is 11.2. The van der Waals surface area contributed by atoms with Crippen LogP contribution < -0.4 is 9.46 Å². The minimum absolute atomic E-state index is 0.0306. The summed E-state index contributed by atoms with van der Waals surface area (Å²) in [4.78, 5) is 36.8. The molecule has 2 heterocycles. The first-order valence-electron chi connectivity index (χ1n) is 10.8. The number of carbonyl (C=O) groups excluding carboxylic acids is 2. The molecule has 11 nitrogen and oxygen atoms in total. The molecular formula is C24H26N4O7S. The third-order valence-corrected chi connectivity index (χ3v) is 6.22. The molecule has 0 aliphatic heterocycles. The van der Waals surface area contributed by atoms with Crippen LogP contribution in [-0.2, 0) is 19.5 Å². The van der Waals surface area contributed by atoms with Crippen LogP contribution in [0.5, 0.6) is 5.88 Å². The van der Waals surface area contributed by atoms with Crippen LogP contribution in [0.1, 0.15) is 40.3 Å². The Morgan fingerprint density at radius 1 is 1.03 bits per heavy atom. The number of pyridine rings is 1. The molecule has 0 fully saturated rings. The van der Waals surface area contributed by atoms with Crippen LogP contribution in [-0.4, -0.2) is 56.1 Å². The van der Waals surface area contributed by atoms with Crippen molar-refractivity contribution in [2.24, 2.45) is 5.92 Å². The average Bonchev–Trinajstić information content (AvgIpc) is 2.87. The Labute approximate surface area is 208 Å².